The van der Waals surface area contributed by atoms with Crippen molar-refractivity contribution in [3.8, 4) is 0 Å². The smallest absolute Gasteiger partial charge is 0.261 e. The molecule has 0 aromatic carbocycles. The number of rotatable bonds is 5. The number of fused-ring (bicyclic) bond motifs is 1. The summed E-state index contributed by atoms with van der Waals surface area (Å²) >= 11 is 1.69. The first-order valence-electron chi connectivity index (χ1n) is 11.1. The van der Waals surface area contributed by atoms with E-state index in [-0.39, 0.29) is 11.8 Å². The SMILES string of the molecule is O=C(NCCN1CCN(C(=O)C2CCCC2)CC1)c1cc2c(s1)CCCCC2. The third kappa shape index (κ3) is 4.77. The topological polar surface area (TPSA) is 52.7 Å². The summed E-state index contributed by atoms with van der Waals surface area (Å²) in [5.41, 5.74) is 1.40. The predicted molar refractivity (Wildman–Crippen MR) is 113 cm³/mol. The van der Waals surface area contributed by atoms with Gasteiger partial charge in [0.15, 0.2) is 0 Å². The van der Waals surface area contributed by atoms with Gasteiger partial charge in [-0.2, -0.15) is 0 Å². The number of hydrogen-bond acceptors (Lipinski definition) is 4. The number of thiophene rings is 1. The molecule has 1 aromatic heterocycles. The summed E-state index contributed by atoms with van der Waals surface area (Å²) < 4.78 is 0. The molecule has 2 amide bonds. The molecule has 2 aliphatic carbocycles. The van der Waals surface area contributed by atoms with Gasteiger partial charge in [0.05, 0.1) is 4.88 Å². The summed E-state index contributed by atoms with van der Waals surface area (Å²) in [5, 5.41) is 3.10. The van der Waals surface area contributed by atoms with Crippen LogP contribution in [0.5, 0.6) is 0 Å². The van der Waals surface area contributed by atoms with E-state index in [0.717, 1.165) is 63.3 Å². The van der Waals surface area contributed by atoms with Crippen molar-refractivity contribution in [1.82, 2.24) is 15.1 Å². The van der Waals surface area contributed by atoms with Crippen LogP contribution in [0.1, 0.15) is 65.1 Å². The number of nitrogens with zero attached hydrogens (tertiary/aromatic N) is 2. The minimum atomic E-state index is 0.0770. The number of amides is 2. The Morgan fingerprint density at radius 3 is 2.54 bits per heavy atom. The van der Waals surface area contributed by atoms with Gasteiger partial charge < -0.3 is 10.2 Å². The molecule has 4 rings (SSSR count). The number of carbonyl (C=O) groups excluding carboxylic acids is 2. The Bertz CT molecular complexity index is 664. The second-order valence-corrected chi connectivity index (χ2v) is 9.66. The van der Waals surface area contributed by atoms with Crippen LogP contribution < -0.4 is 5.32 Å². The Kier molecular flexibility index (Phi) is 6.68. The average molecular weight is 404 g/mol. The maximum absolute atomic E-state index is 12.5. The molecular formula is C22H33N3O2S. The van der Waals surface area contributed by atoms with E-state index in [1.165, 1.54) is 42.5 Å². The third-order valence-corrected chi connectivity index (χ3v) is 7.81. The van der Waals surface area contributed by atoms with Gasteiger partial charge in [-0.25, -0.2) is 0 Å². The minimum absolute atomic E-state index is 0.0770. The molecule has 0 bridgehead atoms. The molecule has 1 saturated heterocycles. The highest BCUT2D eigenvalue weighted by Crippen LogP contribution is 2.29. The van der Waals surface area contributed by atoms with E-state index in [1.807, 2.05) is 0 Å². The maximum atomic E-state index is 12.5. The molecule has 1 N–H and O–H groups in total. The van der Waals surface area contributed by atoms with Crippen LogP contribution in [-0.4, -0.2) is 60.9 Å². The molecule has 28 heavy (non-hydrogen) atoms. The quantitative estimate of drug-likeness (QED) is 0.769. The number of carbonyl (C=O) groups is 2. The second-order valence-electron chi connectivity index (χ2n) is 8.52. The lowest BCUT2D eigenvalue weighted by Gasteiger charge is -2.36. The van der Waals surface area contributed by atoms with Crippen molar-refractivity contribution < 1.29 is 9.59 Å². The Balaban J connectivity index is 1.18. The van der Waals surface area contributed by atoms with E-state index in [9.17, 15) is 9.59 Å². The third-order valence-electron chi connectivity index (χ3n) is 6.57. The largest absolute Gasteiger partial charge is 0.350 e. The average Bonchev–Trinajstić information content (AvgIpc) is 3.34. The van der Waals surface area contributed by atoms with Crippen molar-refractivity contribution in [3.63, 3.8) is 0 Å². The van der Waals surface area contributed by atoms with Crippen LogP contribution >= 0.6 is 11.3 Å². The Labute approximate surface area is 172 Å². The molecule has 0 radical (unpaired) electrons. The zero-order valence-electron chi connectivity index (χ0n) is 16.9. The second kappa shape index (κ2) is 9.40. The summed E-state index contributed by atoms with van der Waals surface area (Å²) in [6.07, 6.45) is 10.7. The van der Waals surface area contributed by atoms with Crippen LogP contribution in [0.15, 0.2) is 6.07 Å². The van der Waals surface area contributed by atoms with Gasteiger partial charge in [0.2, 0.25) is 5.91 Å². The van der Waals surface area contributed by atoms with E-state index in [4.69, 9.17) is 0 Å². The normalized spacial score (nSPS) is 21.4. The Morgan fingerprint density at radius 1 is 1.00 bits per heavy atom. The summed E-state index contributed by atoms with van der Waals surface area (Å²) in [7, 11) is 0. The highest BCUT2D eigenvalue weighted by atomic mass is 32.1. The molecule has 3 aliphatic rings. The van der Waals surface area contributed by atoms with Crippen LogP contribution in [0.25, 0.3) is 0 Å². The number of nitrogens with one attached hydrogen (secondary N) is 1. The van der Waals surface area contributed by atoms with Crippen molar-refractivity contribution >= 4 is 23.2 Å². The lowest BCUT2D eigenvalue weighted by molar-refractivity contribution is -0.137. The molecule has 5 nitrogen and oxygen atoms in total. The zero-order valence-corrected chi connectivity index (χ0v) is 17.7. The maximum Gasteiger partial charge on any atom is 0.261 e. The first kappa shape index (κ1) is 19.9. The number of aryl methyl sites for hydroxylation is 2. The predicted octanol–water partition coefficient (Wildman–Crippen LogP) is 3.08. The zero-order chi connectivity index (χ0) is 19.3. The van der Waals surface area contributed by atoms with Crippen molar-refractivity contribution in [2.45, 2.75) is 57.8 Å². The Morgan fingerprint density at radius 2 is 1.75 bits per heavy atom. The molecule has 1 aliphatic heterocycles. The Hall–Kier alpha value is -1.40. The van der Waals surface area contributed by atoms with E-state index >= 15 is 0 Å². The highest BCUT2D eigenvalue weighted by molar-refractivity contribution is 7.14. The fourth-order valence-electron chi connectivity index (χ4n) is 4.82. The number of hydrogen-bond donors (Lipinski definition) is 1. The van der Waals surface area contributed by atoms with Crippen LogP contribution in [0.4, 0.5) is 0 Å². The molecule has 6 heteroatoms. The molecule has 1 saturated carbocycles. The van der Waals surface area contributed by atoms with Gasteiger partial charge in [0, 0.05) is 50.1 Å². The van der Waals surface area contributed by atoms with Crippen molar-refractivity contribution in [3.05, 3.63) is 21.4 Å². The van der Waals surface area contributed by atoms with Gasteiger partial charge in [0.1, 0.15) is 0 Å². The number of piperazine rings is 1. The van der Waals surface area contributed by atoms with Gasteiger partial charge in [-0.05, 0) is 50.2 Å². The first-order valence-corrected chi connectivity index (χ1v) is 11.9. The summed E-state index contributed by atoms with van der Waals surface area (Å²) in [4.78, 5) is 31.7. The lowest BCUT2D eigenvalue weighted by Crippen LogP contribution is -2.51. The van der Waals surface area contributed by atoms with Crippen molar-refractivity contribution in [2.24, 2.45) is 5.92 Å². The summed E-state index contributed by atoms with van der Waals surface area (Å²) in [5.74, 6) is 0.739. The van der Waals surface area contributed by atoms with Crippen molar-refractivity contribution in [2.75, 3.05) is 39.3 Å². The molecule has 0 unspecified atom stereocenters. The van der Waals surface area contributed by atoms with E-state index in [1.54, 1.807) is 11.3 Å². The lowest BCUT2D eigenvalue weighted by atomic mass is 10.1. The monoisotopic (exact) mass is 403 g/mol. The van der Waals surface area contributed by atoms with Gasteiger partial charge in [0.25, 0.3) is 5.91 Å². The van der Waals surface area contributed by atoms with Gasteiger partial charge in [-0.1, -0.05) is 19.3 Å². The van der Waals surface area contributed by atoms with Crippen LogP contribution in [0, 0.1) is 5.92 Å². The van der Waals surface area contributed by atoms with Crippen LogP contribution in [0.3, 0.4) is 0 Å². The van der Waals surface area contributed by atoms with Gasteiger partial charge in [-0.3, -0.25) is 14.5 Å². The molecule has 2 heterocycles. The molecular weight excluding hydrogens is 370 g/mol. The molecule has 0 spiro atoms. The van der Waals surface area contributed by atoms with Gasteiger partial charge >= 0.3 is 0 Å². The molecule has 1 aromatic rings. The molecule has 2 fully saturated rings. The van der Waals surface area contributed by atoms with Crippen molar-refractivity contribution in [1.29, 1.82) is 0 Å². The highest BCUT2D eigenvalue weighted by Gasteiger charge is 2.29. The van der Waals surface area contributed by atoms with E-state index < -0.39 is 0 Å². The van der Waals surface area contributed by atoms with E-state index in [2.05, 4.69) is 21.2 Å². The first-order chi connectivity index (χ1) is 13.7. The van der Waals surface area contributed by atoms with Gasteiger partial charge in [-0.15, -0.1) is 11.3 Å². The minimum Gasteiger partial charge on any atom is -0.350 e. The standard InChI is InChI=1S/C22H33N3O2S/c26-21(20-16-18-8-2-1-3-9-19(18)28-20)23-10-11-24-12-14-25(15-13-24)22(27)17-6-4-5-7-17/h16-17H,1-15H2,(H,23,26). The summed E-state index contributed by atoms with van der Waals surface area (Å²) in [6.45, 7) is 5.05. The molecule has 154 valence electrons. The molecule has 0 atom stereocenters. The van der Waals surface area contributed by atoms with E-state index in [0.29, 0.717) is 12.5 Å². The fraction of sp³-hybridized carbons (Fsp3) is 0.727. The van der Waals surface area contributed by atoms with Crippen LogP contribution in [-0.2, 0) is 17.6 Å². The van der Waals surface area contributed by atoms with Crippen LogP contribution in [0.2, 0.25) is 0 Å². The fourth-order valence-corrected chi connectivity index (χ4v) is 5.99. The summed E-state index contributed by atoms with van der Waals surface area (Å²) in [6, 6.07) is 2.12.